The Morgan fingerprint density at radius 1 is 1.20 bits per heavy atom. The van der Waals surface area contributed by atoms with E-state index in [-0.39, 0.29) is 46.8 Å². The van der Waals surface area contributed by atoms with Crippen molar-refractivity contribution < 1.29 is 32.6 Å². The van der Waals surface area contributed by atoms with Gasteiger partial charge in [0.05, 0.1) is 16.3 Å². The molecule has 3 unspecified atom stereocenters. The molecule has 40 heavy (non-hydrogen) atoms. The highest BCUT2D eigenvalue weighted by Crippen LogP contribution is 2.49. The largest absolute Gasteiger partial charge is 0.586 e. The number of hydrogen-bond acceptors (Lipinski definition) is 8. The minimum Gasteiger partial charge on any atom is -0.395 e. The first-order chi connectivity index (χ1) is 19.3. The van der Waals surface area contributed by atoms with Gasteiger partial charge in [-0.05, 0) is 37.9 Å². The van der Waals surface area contributed by atoms with Crippen LogP contribution < -0.4 is 30.3 Å². The SMILES string of the molecule is O=C(N[C@@H]1CCCN(C(=O)n2ccnc2)C1)C1=C2NC(=O)N(c3ccc4c(c3)OC(F)(F)O4)C3CCNC(S1)C23. The molecule has 0 aliphatic carbocycles. The van der Waals surface area contributed by atoms with Crippen molar-refractivity contribution in [3.05, 3.63) is 47.5 Å². The maximum absolute atomic E-state index is 13.6. The van der Waals surface area contributed by atoms with E-state index in [2.05, 4.69) is 30.4 Å². The summed E-state index contributed by atoms with van der Waals surface area (Å²) < 4.78 is 37.6. The summed E-state index contributed by atoms with van der Waals surface area (Å²) in [5, 5.41) is 9.25. The number of carbonyl (C=O) groups excluding carboxylic acids is 3. The monoisotopic (exact) mass is 573 g/mol. The molecular formula is C25H25F2N7O5S. The quantitative estimate of drug-likeness (QED) is 0.510. The van der Waals surface area contributed by atoms with Crippen LogP contribution in [-0.4, -0.2) is 75.8 Å². The number of halogens is 2. The number of piperidine rings is 2. The van der Waals surface area contributed by atoms with Crippen LogP contribution >= 0.6 is 11.8 Å². The molecule has 5 aliphatic rings. The summed E-state index contributed by atoms with van der Waals surface area (Å²) >= 11 is 1.37. The van der Waals surface area contributed by atoms with Crippen LogP contribution in [0.25, 0.3) is 0 Å². The van der Waals surface area contributed by atoms with Gasteiger partial charge in [0, 0.05) is 54.9 Å². The molecule has 0 bridgehead atoms. The van der Waals surface area contributed by atoms with Crippen LogP contribution in [0.1, 0.15) is 19.3 Å². The lowest BCUT2D eigenvalue weighted by atomic mass is 9.86. The highest BCUT2D eigenvalue weighted by atomic mass is 32.2. The Hall–Kier alpha value is -3.85. The number of carbonyl (C=O) groups is 3. The van der Waals surface area contributed by atoms with Gasteiger partial charge in [-0.3, -0.25) is 14.3 Å². The topological polar surface area (TPSA) is 130 Å². The lowest BCUT2D eigenvalue weighted by molar-refractivity contribution is -0.286. The molecule has 5 aliphatic heterocycles. The number of fused-ring (bicyclic) bond motifs is 1. The molecule has 7 rings (SSSR count). The molecule has 4 amide bonds. The second-order valence-corrected chi connectivity index (χ2v) is 11.4. The zero-order valence-corrected chi connectivity index (χ0v) is 21.8. The molecule has 1 aromatic carbocycles. The molecule has 0 saturated carbocycles. The van der Waals surface area contributed by atoms with E-state index in [1.165, 1.54) is 41.0 Å². The Bertz CT molecular complexity index is 1420. The summed E-state index contributed by atoms with van der Waals surface area (Å²) in [5.74, 6) is -0.750. The minimum atomic E-state index is -3.76. The smallest absolute Gasteiger partial charge is 0.395 e. The average Bonchev–Trinajstić information content (AvgIpc) is 3.66. The first kappa shape index (κ1) is 25.1. The van der Waals surface area contributed by atoms with E-state index in [4.69, 9.17) is 0 Å². The molecule has 12 nitrogen and oxygen atoms in total. The van der Waals surface area contributed by atoms with E-state index in [1.807, 2.05) is 0 Å². The van der Waals surface area contributed by atoms with Gasteiger partial charge < -0.3 is 30.3 Å². The minimum absolute atomic E-state index is 0.0988. The highest BCUT2D eigenvalue weighted by Gasteiger charge is 2.52. The third-order valence-electron chi connectivity index (χ3n) is 7.76. The van der Waals surface area contributed by atoms with Crippen molar-refractivity contribution in [1.29, 1.82) is 0 Å². The summed E-state index contributed by atoms with van der Waals surface area (Å²) in [6, 6.07) is 3.09. The van der Waals surface area contributed by atoms with Gasteiger partial charge in [-0.25, -0.2) is 14.6 Å². The first-order valence-electron chi connectivity index (χ1n) is 13.0. The summed E-state index contributed by atoms with van der Waals surface area (Å²) in [6.07, 6.45) is 2.89. The van der Waals surface area contributed by atoms with Crippen molar-refractivity contribution in [2.75, 3.05) is 24.5 Å². The van der Waals surface area contributed by atoms with Gasteiger partial charge in [0.15, 0.2) is 11.5 Å². The number of hydrogen-bond donors (Lipinski definition) is 3. The predicted molar refractivity (Wildman–Crippen MR) is 138 cm³/mol. The average molecular weight is 574 g/mol. The lowest BCUT2D eigenvalue weighted by Crippen LogP contribution is -2.62. The van der Waals surface area contributed by atoms with Crippen LogP contribution in [0.15, 0.2) is 47.5 Å². The van der Waals surface area contributed by atoms with E-state index in [0.29, 0.717) is 42.3 Å². The van der Waals surface area contributed by atoms with Crippen LogP contribution in [0, 0.1) is 5.92 Å². The Balaban J connectivity index is 1.10. The highest BCUT2D eigenvalue weighted by molar-refractivity contribution is 8.04. The van der Waals surface area contributed by atoms with Gasteiger partial charge in [-0.1, -0.05) is 11.8 Å². The van der Waals surface area contributed by atoms with E-state index < -0.39 is 12.3 Å². The molecule has 3 saturated heterocycles. The van der Waals surface area contributed by atoms with Crippen molar-refractivity contribution >= 4 is 35.4 Å². The second kappa shape index (κ2) is 9.37. The number of anilines is 1. The van der Waals surface area contributed by atoms with Gasteiger partial charge in [-0.15, -0.1) is 8.78 Å². The number of urea groups is 1. The number of ether oxygens (including phenoxy) is 2. The maximum Gasteiger partial charge on any atom is 0.586 e. The zero-order valence-electron chi connectivity index (χ0n) is 21.0. The molecule has 0 spiro atoms. The number of thioether (sulfide) groups is 1. The molecule has 0 radical (unpaired) electrons. The normalized spacial score (nSPS) is 28.3. The van der Waals surface area contributed by atoms with E-state index in [9.17, 15) is 23.2 Å². The molecular weight excluding hydrogens is 548 g/mol. The van der Waals surface area contributed by atoms with Crippen molar-refractivity contribution in [2.45, 2.75) is 43.0 Å². The standard InChI is InChI=1S/C25H25F2N7O5S/c26-25(27)38-16-4-3-14(10-17(16)39-25)34-15-5-6-29-22-18(15)19(31-23(34)36)20(40-22)21(35)30-13-2-1-8-32(11-13)24(37)33-9-7-28-12-33/h3-4,7,9-10,12-13,15,18,22,29H,1-2,5-6,8,11H2,(H,30,35)(H,31,36)/t13-,15?,18?,22?/m1/s1. The molecule has 4 atom stereocenters. The Kier molecular flexibility index (Phi) is 5.89. The Labute approximate surface area is 231 Å². The Morgan fingerprint density at radius 2 is 2.05 bits per heavy atom. The molecule has 210 valence electrons. The third-order valence-corrected chi connectivity index (χ3v) is 9.12. The van der Waals surface area contributed by atoms with E-state index >= 15 is 0 Å². The number of rotatable bonds is 3. The summed E-state index contributed by atoms with van der Waals surface area (Å²) in [4.78, 5) is 47.3. The van der Waals surface area contributed by atoms with Gasteiger partial charge in [0.1, 0.15) is 6.33 Å². The first-order valence-corrected chi connectivity index (χ1v) is 13.9. The number of nitrogens with zero attached hydrogens (tertiary/aromatic N) is 4. The van der Waals surface area contributed by atoms with Crippen LogP contribution in [0.3, 0.4) is 0 Å². The zero-order chi connectivity index (χ0) is 27.6. The van der Waals surface area contributed by atoms with E-state index in [1.54, 1.807) is 22.1 Å². The fraction of sp³-hybridized carbons (Fsp3) is 0.440. The Morgan fingerprint density at radius 3 is 2.88 bits per heavy atom. The third kappa shape index (κ3) is 4.23. The van der Waals surface area contributed by atoms with Crippen LogP contribution in [0.5, 0.6) is 11.5 Å². The molecule has 3 fully saturated rings. The number of imidazole rings is 1. The summed E-state index contributed by atoms with van der Waals surface area (Å²) in [6.45, 7) is 1.57. The van der Waals surface area contributed by atoms with Gasteiger partial charge in [-0.2, -0.15) is 0 Å². The molecule has 1 aromatic heterocycles. The maximum atomic E-state index is 13.6. The van der Waals surface area contributed by atoms with Crippen LogP contribution in [0.4, 0.5) is 24.1 Å². The number of likely N-dealkylation sites (tertiary alicyclic amines) is 1. The lowest BCUT2D eigenvalue weighted by Gasteiger charge is -2.45. The fourth-order valence-electron chi connectivity index (χ4n) is 6.07. The van der Waals surface area contributed by atoms with E-state index in [0.717, 1.165) is 12.8 Å². The van der Waals surface area contributed by atoms with Crippen molar-refractivity contribution in [3.8, 4) is 11.5 Å². The van der Waals surface area contributed by atoms with Crippen LogP contribution in [-0.2, 0) is 4.79 Å². The number of benzene rings is 1. The number of alkyl halides is 2. The molecule has 6 heterocycles. The van der Waals surface area contributed by atoms with Gasteiger partial charge >= 0.3 is 18.4 Å². The summed E-state index contributed by atoms with van der Waals surface area (Å²) in [5.41, 5.74) is 0.954. The molecule has 2 aromatic rings. The van der Waals surface area contributed by atoms with Crippen molar-refractivity contribution in [2.24, 2.45) is 5.92 Å². The summed E-state index contributed by atoms with van der Waals surface area (Å²) in [7, 11) is 0. The number of aromatic nitrogens is 2. The van der Waals surface area contributed by atoms with Gasteiger partial charge in [0.25, 0.3) is 5.91 Å². The predicted octanol–water partition coefficient (Wildman–Crippen LogP) is 2.25. The van der Waals surface area contributed by atoms with Crippen LogP contribution in [0.2, 0.25) is 0 Å². The molecule has 3 N–H and O–H groups in total. The van der Waals surface area contributed by atoms with Crippen molar-refractivity contribution in [1.82, 2.24) is 30.4 Å². The number of amides is 4. The fourth-order valence-corrected chi connectivity index (χ4v) is 7.46. The van der Waals surface area contributed by atoms with Gasteiger partial charge in [0.2, 0.25) is 0 Å². The molecule has 15 heteroatoms. The second-order valence-electron chi connectivity index (χ2n) is 10.2. The number of nitrogens with one attached hydrogen (secondary N) is 3. The van der Waals surface area contributed by atoms with Crippen molar-refractivity contribution in [3.63, 3.8) is 0 Å².